The minimum atomic E-state index is 0.220. The van der Waals surface area contributed by atoms with Crippen LogP contribution in [0.15, 0.2) is 11.4 Å². The molecule has 0 saturated heterocycles. The number of nitrogens with zero attached hydrogens (tertiary/aromatic N) is 1. The molecule has 1 aliphatic rings. The number of nitriles is 1. The molecule has 1 aromatic heterocycles. The normalized spacial score (nSPS) is 29.7. The van der Waals surface area contributed by atoms with Gasteiger partial charge in [0.1, 0.15) is 6.07 Å². The highest BCUT2D eigenvalue weighted by Crippen LogP contribution is 2.58. The fraction of sp³-hybridized carbons (Fsp3) is 0.500. The van der Waals surface area contributed by atoms with Gasteiger partial charge in [-0.25, -0.2) is 0 Å². The summed E-state index contributed by atoms with van der Waals surface area (Å²) in [6, 6.07) is 4.37. The van der Waals surface area contributed by atoms with Gasteiger partial charge in [-0.3, -0.25) is 0 Å². The number of nitrogens with two attached hydrogens (primary N) is 1. The van der Waals surface area contributed by atoms with Crippen molar-refractivity contribution in [3.8, 4) is 6.07 Å². The van der Waals surface area contributed by atoms with Crippen molar-refractivity contribution >= 4 is 11.3 Å². The lowest BCUT2D eigenvalue weighted by atomic mass is 10.1. The molecule has 1 fully saturated rings. The number of hydrogen-bond acceptors (Lipinski definition) is 3. The standard InChI is InChI=1S/C10H12N2S/c1-10(2)8(9(10)12)7-3-6(4-11)5-13-7/h3,5,8-9H,12H2,1-2H3. The molecule has 1 heterocycles. The van der Waals surface area contributed by atoms with Gasteiger partial charge in [0, 0.05) is 22.2 Å². The van der Waals surface area contributed by atoms with Gasteiger partial charge in [0.15, 0.2) is 0 Å². The second-order valence-corrected chi connectivity index (χ2v) is 5.12. The Bertz CT molecular complexity index is 373. The number of thiophene rings is 1. The average Bonchev–Trinajstić information content (AvgIpc) is 2.55. The van der Waals surface area contributed by atoms with Crippen molar-refractivity contribution in [2.24, 2.45) is 11.1 Å². The summed E-state index contributed by atoms with van der Waals surface area (Å²) < 4.78 is 0. The van der Waals surface area contributed by atoms with E-state index in [0.29, 0.717) is 5.92 Å². The maximum absolute atomic E-state index is 8.67. The van der Waals surface area contributed by atoms with Crippen LogP contribution in [0.5, 0.6) is 0 Å². The summed E-state index contributed by atoms with van der Waals surface area (Å²) in [6.45, 7) is 4.35. The zero-order chi connectivity index (χ0) is 9.64. The third-order valence-corrected chi connectivity index (χ3v) is 3.98. The smallest absolute Gasteiger partial charge is 0.100 e. The maximum atomic E-state index is 8.67. The highest BCUT2D eigenvalue weighted by molar-refractivity contribution is 7.10. The molecule has 2 rings (SSSR count). The summed E-state index contributed by atoms with van der Waals surface area (Å²) in [5.41, 5.74) is 6.93. The number of hydrogen-bond donors (Lipinski definition) is 1. The Morgan fingerprint density at radius 3 is 2.62 bits per heavy atom. The summed E-state index contributed by atoms with van der Waals surface area (Å²) in [4.78, 5) is 1.26. The van der Waals surface area contributed by atoms with Crippen molar-refractivity contribution in [2.75, 3.05) is 0 Å². The van der Waals surface area contributed by atoms with E-state index in [1.807, 2.05) is 11.4 Å². The molecule has 0 aromatic carbocycles. The SMILES string of the molecule is CC1(C)C(N)C1c1cc(C#N)cs1. The highest BCUT2D eigenvalue weighted by Gasteiger charge is 2.56. The molecule has 3 heteroatoms. The molecule has 2 N–H and O–H groups in total. The molecule has 1 aliphatic carbocycles. The zero-order valence-corrected chi connectivity index (χ0v) is 8.56. The number of rotatable bonds is 1. The zero-order valence-electron chi connectivity index (χ0n) is 7.74. The van der Waals surface area contributed by atoms with Crippen LogP contribution in [-0.2, 0) is 0 Å². The largest absolute Gasteiger partial charge is 0.327 e. The molecule has 68 valence electrons. The molecular weight excluding hydrogens is 180 g/mol. The van der Waals surface area contributed by atoms with Crippen LogP contribution in [0, 0.1) is 16.7 Å². The fourth-order valence-electron chi connectivity index (χ4n) is 1.80. The lowest BCUT2D eigenvalue weighted by molar-refractivity contribution is 0.601. The first-order chi connectivity index (χ1) is 6.07. The van der Waals surface area contributed by atoms with Crippen molar-refractivity contribution in [2.45, 2.75) is 25.8 Å². The van der Waals surface area contributed by atoms with E-state index >= 15 is 0 Å². The van der Waals surface area contributed by atoms with Gasteiger partial charge in [0.25, 0.3) is 0 Å². The lowest BCUT2D eigenvalue weighted by Gasteiger charge is -1.97. The minimum absolute atomic E-state index is 0.220. The first-order valence-corrected chi connectivity index (χ1v) is 5.19. The molecule has 0 spiro atoms. The van der Waals surface area contributed by atoms with Gasteiger partial charge < -0.3 is 5.73 Å². The predicted molar refractivity (Wildman–Crippen MR) is 53.5 cm³/mol. The monoisotopic (exact) mass is 192 g/mol. The summed E-state index contributed by atoms with van der Waals surface area (Å²) >= 11 is 1.65. The molecule has 13 heavy (non-hydrogen) atoms. The van der Waals surface area contributed by atoms with Crippen molar-refractivity contribution < 1.29 is 0 Å². The van der Waals surface area contributed by atoms with Crippen LogP contribution in [0.25, 0.3) is 0 Å². The second kappa shape index (κ2) is 2.57. The van der Waals surface area contributed by atoms with E-state index in [0.717, 1.165) is 5.56 Å². The van der Waals surface area contributed by atoms with Crippen LogP contribution >= 0.6 is 11.3 Å². The molecule has 1 saturated carbocycles. The molecule has 1 aromatic rings. The van der Waals surface area contributed by atoms with Gasteiger partial charge in [-0.1, -0.05) is 13.8 Å². The van der Waals surface area contributed by atoms with Gasteiger partial charge in [-0.15, -0.1) is 11.3 Å². The van der Waals surface area contributed by atoms with Crippen LogP contribution in [0.2, 0.25) is 0 Å². The molecule has 2 atom stereocenters. The van der Waals surface area contributed by atoms with E-state index in [1.165, 1.54) is 4.88 Å². The topological polar surface area (TPSA) is 49.8 Å². The maximum Gasteiger partial charge on any atom is 0.100 e. The van der Waals surface area contributed by atoms with E-state index in [9.17, 15) is 0 Å². The van der Waals surface area contributed by atoms with Gasteiger partial charge in [-0.2, -0.15) is 5.26 Å². The molecule has 2 nitrogen and oxygen atoms in total. The predicted octanol–water partition coefficient (Wildman–Crippen LogP) is 2.07. The average molecular weight is 192 g/mol. The summed E-state index contributed by atoms with van der Waals surface area (Å²) in [6.07, 6.45) is 0. The Morgan fingerprint density at radius 1 is 1.62 bits per heavy atom. The van der Waals surface area contributed by atoms with Crippen LogP contribution in [0.3, 0.4) is 0 Å². The third-order valence-electron chi connectivity index (χ3n) is 2.97. The quantitative estimate of drug-likeness (QED) is 0.740. The Kier molecular flexibility index (Phi) is 1.73. The molecule has 0 radical (unpaired) electrons. The van der Waals surface area contributed by atoms with Gasteiger partial charge in [-0.05, 0) is 11.5 Å². The lowest BCUT2D eigenvalue weighted by Crippen LogP contribution is -2.06. The first kappa shape index (κ1) is 8.74. The summed E-state index contributed by atoms with van der Waals surface area (Å²) in [7, 11) is 0. The third kappa shape index (κ3) is 1.18. The van der Waals surface area contributed by atoms with Crippen molar-refractivity contribution in [1.82, 2.24) is 0 Å². The Morgan fingerprint density at radius 2 is 2.23 bits per heavy atom. The fourth-order valence-corrected chi connectivity index (χ4v) is 2.97. The Hall–Kier alpha value is -0.850. The molecular formula is C10H12N2S. The molecule has 2 unspecified atom stereocenters. The van der Waals surface area contributed by atoms with Crippen LogP contribution in [-0.4, -0.2) is 6.04 Å². The van der Waals surface area contributed by atoms with Gasteiger partial charge in [0.2, 0.25) is 0 Å². The van der Waals surface area contributed by atoms with Crippen LogP contribution in [0.4, 0.5) is 0 Å². The van der Waals surface area contributed by atoms with Gasteiger partial charge in [0.05, 0.1) is 5.56 Å². The van der Waals surface area contributed by atoms with E-state index in [-0.39, 0.29) is 11.5 Å². The van der Waals surface area contributed by atoms with E-state index < -0.39 is 0 Å². The first-order valence-electron chi connectivity index (χ1n) is 4.31. The van der Waals surface area contributed by atoms with E-state index in [2.05, 4.69) is 19.9 Å². The van der Waals surface area contributed by atoms with E-state index in [1.54, 1.807) is 11.3 Å². The Balaban J connectivity index is 2.26. The van der Waals surface area contributed by atoms with E-state index in [4.69, 9.17) is 11.0 Å². The van der Waals surface area contributed by atoms with Crippen LogP contribution < -0.4 is 5.73 Å². The molecule has 0 aliphatic heterocycles. The molecule has 0 bridgehead atoms. The van der Waals surface area contributed by atoms with Crippen molar-refractivity contribution in [3.05, 3.63) is 21.9 Å². The second-order valence-electron chi connectivity index (χ2n) is 4.17. The molecule has 0 amide bonds. The van der Waals surface area contributed by atoms with Gasteiger partial charge >= 0.3 is 0 Å². The Labute approximate surface area is 82.0 Å². The minimum Gasteiger partial charge on any atom is -0.327 e. The highest BCUT2D eigenvalue weighted by atomic mass is 32.1. The van der Waals surface area contributed by atoms with Crippen molar-refractivity contribution in [3.63, 3.8) is 0 Å². The van der Waals surface area contributed by atoms with Crippen LogP contribution in [0.1, 0.15) is 30.2 Å². The van der Waals surface area contributed by atoms with Crippen molar-refractivity contribution in [1.29, 1.82) is 5.26 Å². The summed E-state index contributed by atoms with van der Waals surface area (Å²) in [5.74, 6) is 0.458. The summed E-state index contributed by atoms with van der Waals surface area (Å²) in [5, 5.41) is 10.6.